The second-order valence-corrected chi connectivity index (χ2v) is 7.92. The van der Waals surface area contributed by atoms with Gasteiger partial charge in [0, 0.05) is 41.1 Å². The summed E-state index contributed by atoms with van der Waals surface area (Å²) in [5, 5.41) is 4.71. The number of H-pyrrole nitrogens is 1. The van der Waals surface area contributed by atoms with Crippen LogP contribution in [-0.4, -0.2) is 28.5 Å². The van der Waals surface area contributed by atoms with Crippen molar-refractivity contribution in [3.63, 3.8) is 0 Å². The van der Waals surface area contributed by atoms with Crippen molar-refractivity contribution < 1.29 is 9.59 Å². The van der Waals surface area contributed by atoms with Crippen molar-refractivity contribution >= 4 is 33.7 Å². The summed E-state index contributed by atoms with van der Waals surface area (Å²) in [6.45, 7) is 0.353. The normalized spacial score (nSPS) is 11.8. The van der Waals surface area contributed by atoms with Gasteiger partial charge in [-0.15, -0.1) is 0 Å². The van der Waals surface area contributed by atoms with Crippen LogP contribution in [0.3, 0.4) is 0 Å². The molecule has 0 saturated heterocycles. The smallest absolute Gasteiger partial charge is 0.333 e. The minimum Gasteiger partial charge on any atom is -0.361 e. The highest BCUT2D eigenvalue weighted by Crippen LogP contribution is 2.30. The maximum Gasteiger partial charge on any atom is 0.333 e. The molecule has 5 rings (SSSR count). The molecule has 168 valence electrons. The van der Waals surface area contributed by atoms with Crippen LogP contribution in [0, 0.1) is 0 Å². The zero-order chi connectivity index (χ0) is 23.3. The van der Waals surface area contributed by atoms with Gasteiger partial charge >= 0.3 is 6.03 Å². The average molecular weight is 450 g/mol. The third-order valence-electron chi connectivity index (χ3n) is 5.85. The number of nitrogens with one attached hydrogen (secondary N) is 4. The van der Waals surface area contributed by atoms with Crippen LogP contribution in [0.25, 0.3) is 21.8 Å². The van der Waals surface area contributed by atoms with E-state index < -0.39 is 11.9 Å². The van der Waals surface area contributed by atoms with Crippen LogP contribution in [0.4, 0.5) is 4.79 Å². The molecule has 7 nitrogen and oxygen atoms in total. The lowest BCUT2D eigenvalue weighted by Crippen LogP contribution is -2.47. The first-order valence-electron chi connectivity index (χ1n) is 11.0. The second-order valence-electron chi connectivity index (χ2n) is 7.92. The molecule has 0 aliphatic carbocycles. The SMILES string of the molecule is O=C(NCC(c1ccccc1)c1c[nH]c2ccccc12)NNC(=O)c1cccc2ncccc12. The van der Waals surface area contributed by atoms with Gasteiger partial charge in [-0.3, -0.25) is 15.2 Å². The Kier molecular flexibility index (Phi) is 5.90. The highest BCUT2D eigenvalue weighted by molar-refractivity contribution is 6.06. The third kappa shape index (κ3) is 4.31. The predicted octanol–water partition coefficient (Wildman–Crippen LogP) is 4.49. The molecule has 2 aromatic heterocycles. The first kappa shape index (κ1) is 21.2. The summed E-state index contributed by atoms with van der Waals surface area (Å²) in [7, 11) is 0. The highest BCUT2D eigenvalue weighted by atomic mass is 16.2. The molecular weight excluding hydrogens is 426 g/mol. The van der Waals surface area contributed by atoms with Gasteiger partial charge in [-0.1, -0.05) is 60.7 Å². The lowest BCUT2D eigenvalue weighted by Gasteiger charge is -2.18. The number of fused-ring (bicyclic) bond motifs is 2. The molecule has 0 aliphatic heterocycles. The summed E-state index contributed by atoms with van der Waals surface area (Å²) in [6.07, 6.45) is 3.66. The second kappa shape index (κ2) is 9.46. The molecule has 0 bridgehead atoms. The Labute approximate surface area is 196 Å². The fourth-order valence-electron chi connectivity index (χ4n) is 4.20. The molecule has 1 atom stereocenters. The number of amides is 3. The van der Waals surface area contributed by atoms with Gasteiger partial charge in [0.15, 0.2) is 0 Å². The number of nitrogens with zero attached hydrogens (tertiary/aromatic N) is 1. The number of hydrogen-bond donors (Lipinski definition) is 4. The van der Waals surface area contributed by atoms with Crippen LogP contribution in [0.2, 0.25) is 0 Å². The van der Waals surface area contributed by atoms with Crippen molar-refractivity contribution in [2.75, 3.05) is 6.54 Å². The molecule has 0 fully saturated rings. The first-order valence-corrected chi connectivity index (χ1v) is 11.0. The summed E-state index contributed by atoms with van der Waals surface area (Å²) in [6, 6.07) is 26.5. The molecule has 3 amide bonds. The predicted molar refractivity (Wildman–Crippen MR) is 132 cm³/mol. The van der Waals surface area contributed by atoms with Crippen molar-refractivity contribution in [2.45, 2.75) is 5.92 Å². The monoisotopic (exact) mass is 449 g/mol. The Morgan fingerprint density at radius 3 is 2.50 bits per heavy atom. The molecule has 3 aromatic carbocycles. The van der Waals surface area contributed by atoms with Crippen LogP contribution in [0.15, 0.2) is 97.3 Å². The number of para-hydroxylation sites is 1. The number of pyridine rings is 1. The van der Waals surface area contributed by atoms with E-state index in [0.29, 0.717) is 23.0 Å². The zero-order valence-electron chi connectivity index (χ0n) is 18.3. The highest BCUT2D eigenvalue weighted by Gasteiger charge is 2.19. The van der Waals surface area contributed by atoms with E-state index in [-0.39, 0.29) is 5.92 Å². The Morgan fingerprint density at radius 1 is 0.824 bits per heavy atom. The van der Waals surface area contributed by atoms with Gasteiger partial charge in [-0.25, -0.2) is 10.2 Å². The van der Waals surface area contributed by atoms with Crippen molar-refractivity contribution in [1.82, 2.24) is 26.1 Å². The topological polar surface area (TPSA) is 98.9 Å². The van der Waals surface area contributed by atoms with E-state index in [1.165, 1.54) is 0 Å². The van der Waals surface area contributed by atoms with E-state index in [1.54, 1.807) is 24.4 Å². The largest absolute Gasteiger partial charge is 0.361 e. The van der Waals surface area contributed by atoms with Gasteiger partial charge in [0.05, 0.1) is 11.1 Å². The molecule has 0 saturated carbocycles. The first-order chi connectivity index (χ1) is 16.7. The van der Waals surface area contributed by atoms with E-state index in [2.05, 4.69) is 32.2 Å². The number of hydrazine groups is 1. The number of urea groups is 1. The number of carbonyl (C=O) groups excluding carboxylic acids is 2. The van der Waals surface area contributed by atoms with Crippen molar-refractivity contribution in [2.24, 2.45) is 0 Å². The molecule has 34 heavy (non-hydrogen) atoms. The summed E-state index contributed by atoms with van der Waals surface area (Å²) < 4.78 is 0. The van der Waals surface area contributed by atoms with E-state index in [1.807, 2.05) is 66.9 Å². The third-order valence-corrected chi connectivity index (χ3v) is 5.85. The fraction of sp³-hybridized carbons (Fsp3) is 0.0741. The van der Waals surface area contributed by atoms with Gasteiger partial charge in [-0.2, -0.15) is 0 Å². The van der Waals surface area contributed by atoms with E-state index in [9.17, 15) is 9.59 Å². The molecule has 1 unspecified atom stereocenters. The van der Waals surface area contributed by atoms with Gasteiger partial charge < -0.3 is 10.3 Å². The number of rotatable bonds is 5. The summed E-state index contributed by atoms with van der Waals surface area (Å²) >= 11 is 0. The Hall–Kier alpha value is -4.65. The molecular formula is C27H23N5O2. The lowest BCUT2D eigenvalue weighted by atomic mass is 9.91. The molecule has 0 spiro atoms. The van der Waals surface area contributed by atoms with Gasteiger partial charge in [0.25, 0.3) is 5.91 Å². The summed E-state index contributed by atoms with van der Waals surface area (Å²) in [5.41, 5.74) is 9.31. The molecule has 0 aliphatic rings. The Bertz CT molecular complexity index is 1460. The molecule has 4 N–H and O–H groups in total. The maximum absolute atomic E-state index is 12.7. The molecule has 7 heteroatoms. The average Bonchev–Trinajstić information content (AvgIpc) is 3.32. The number of carbonyl (C=O) groups is 2. The van der Waals surface area contributed by atoms with Crippen LogP contribution in [-0.2, 0) is 0 Å². The standard InChI is InChI=1S/C27H23N5O2/c33-26(21-11-6-14-24-19(21)12-7-15-28-24)31-32-27(34)30-16-22(18-8-2-1-3-9-18)23-17-29-25-13-5-4-10-20(23)25/h1-15,17,22,29H,16H2,(H,31,33)(H2,30,32,34). The Balaban J connectivity index is 1.28. The van der Waals surface area contributed by atoms with Crippen molar-refractivity contribution in [1.29, 1.82) is 0 Å². The lowest BCUT2D eigenvalue weighted by molar-refractivity contribution is 0.0938. The maximum atomic E-state index is 12.7. The number of hydrogen-bond acceptors (Lipinski definition) is 3. The van der Waals surface area contributed by atoms with Gasteiger partial charge in [-0.05, 0) is 35.4 Å². The van der Waals surface area contributed by atoms with Crippen molar-refractivity contribution in [3.05, 3.63) is 114 Å². The zero-order valence-corrected chi connectivity index (χ0v) is 18.3. The van der Waals surface area contributed by atoms with E-state index in [4.69, 9.17) is 0 Å². The van der Waals surface area contributed by atoms with Crippen LogP contribution in [0.1, 0.15) is 27.4 Å². The van der Waals surface area contributed by atoms with Gasteiger partial charge in [0.1, 0.15) is 0 Å². The van der Waals surface area contributed by atoms with Crippen LogP contribution >= 0.6 is 0 Å². The molecule has 5 aromatic rings. The van der Waals surface area contributed by atoms with E-state index in [0.717, 1.165) is 22.0 Å². The molecule has 2 heterocycles. The Morgan fingerprint density at radius 2 is 1.62 bits per heavy atom. The molecule has 0 radical (unpaired) electrons. The van der Waals surface area contributed by atoms with Crippen LogP contribution < -0.4 is 16.2 Å². The van der Waals surface area contributed by atoms with E-state index >= 15 is 0 Å². The summed E-state index contributed by atoms with van der Waals surface area (Å²) in [5.74, 6) is -0.479. The number of benzene rings is 3. The van der Waals surface area contributed by atoms with Crippen molar-refractivity contribution in [3.8, 4) is 0 Å². The summed E-state index contributed by atoms with van der Waals surface area (Å²) in [4.78, 5) is 32.8. The number of aromatic amines is 1. The number of aromatic nitrogens is 2. The fourth-order valence-corrected chi connectivity index (χ4v) is 4.20. The quantitative estimate of drug-likeness (QED) is 0.298. The van der Waals surface area contributed by atoms with Gasteiger partial charge in [0.2, 0.25) is 0 Å². The minimum absolute atomic E-state index is 0.0667. The minimum atomic E-state index is -0.493. The van der Waals surface area contributed by atoms with Crippen LogP contribution in [0.5, 0.6) is 0 Å².